The molecule has 0 atom stereocenters. The number of aromatic amines is 1. The van der Waals surface area contributed by atoms with Crippen molar-refractivity contribution in [2.24, 2.45) is 0 Å². The molecular formula is C25H21NO3. The van der Waals surface area contributed by atoms with Crippen LogP contribution >= 0.6 is 0 Å². The average molecular weight is 383 g/mol. The lowest BCUT2D eigenvalue weighted by molar-refractivity contribution is 0.100. The first kappa shape index (κ1) is 18.7. The summed E-state index contributed by atoms with van der Waals surface area (Å²) in [5.41, 5.74) is 3.86. The number of aryl methyl sites for hydroxylation is 1. The summed E-state index contributed by atoms with van der Waals surface area (Å²) in [5, 5.41) is 0.951. The molecule has 0 fully saturated rings. The summed E-state index contributed by atoms with van der Waals surface area (Å²) >= 11 is 0. The first-order chi connectivity index (χ1) is 14.1. The Kier molecular flexibility index (Phi) is 5.25. The number of ketones is 1. The largest absolute Gasteiger partial charge is 0.461 e. The van der Waals surface area contributed by atoms with E-state index in [1.807, 2.05) is 67.6 Å². The summed E-state index contributed by atoms with van der Waals surface area (Å²) in [6, 6.07) is 21.0. The smallest absolute Gasteiger partial charge is 0.251 e. The maximum absolute atomic E-state index is 13.0. The molecule has 29 heavy (non-hydrogen) atoms. The van der Waals surface area contributed by atoms with Crippen LogP contribution in [0.4, 0.5) is 0 Å². The topological polar surface area (TPSA) is 63.1 Å². The van der Waals surface area contributed by atoms with Gasteiger partial charge in [0.05, 0.1) is 11.8 Å². The minimum atomic E-state index is -0.199. The molecule has 0 aliphatic carbocycles. The van der Waals surface area contributed by atoms with Crippen molar-refractivity contribution in [3.8, 4) is 0 Å². The van der Waals surface area contributed by atoms with Crippen LogP contribution in [0.25, 0.3) is 10.9 Å². The van der Waals surface area contributed by atoms with Crippen molar-refractivity contribution in [1.82, 2.24) is 4.98 Å². The van der Waals surface area contributed by atoms with Gasteiger partial charge in [-0.2, -0.15) is 0 Å². The molecule has 2 aromatic carbocycles. The van der Waals surface area contributed by atoms with Crippen LogP contribution in [-0.4, -0.2) is 10.8 Å². The van der Waals surface area contributed by atoms with E-state index in [4.69, 9.17) is 4.42 Å². The Morgan fingerprint density at radius 3 is 2.62 bits per heavy atom. The standard InChI is InChI=1S/C25H21NO3/c1-17-7-5-10-19-15-21(25(28)26-23(17)19)16-20(24(27)22-11-6-14-29-22)13-12-18-8-3-2-4-9-18/h2-11,13-15H,12,16H2,1H3,(H,26,28). The highest BCUT2D eigenvalue weighted by Crippen LogP contribution is 2.19. The number of aromatic nitrogens is 1. The molecule has 144 valence electrons. The van der Waals surface area contributed by atoms with E-state index in [1.165, 1.54) is 6.26 Å². The molecule has 0 spiro atoms. The zero-order chi connectivity index (χ0) is 20.2. The molecule has 0 bridgehead atoms. The van der Waals surface area contributed by atoms with Crippen molar-refractivity contribution in [2.75, 3.05) is 0 Å². The summed E-state index contributed by atoms with van der Waals surface area (Å²) in [4.78, 5) is 28.6. The van der Waals surface area contributed by atoms with Crippen LogP contribution in [0.5, 0.6) is 0 Å². The fourth-order valence-electron chi connectivity index (χ4n) is 3.43. The van der Waals surface area contributed by atoms with Crippen LogP contribution in [-0.2, 0) is 12.8 Å². The molecule has 2 aromatic heterocycles. The number of pyridine rings is 1. The lowest BCUT2D eigenvalue weighted by Crippen LogP contribution is -2.16. The molecule has 0 amide bonds. The molecule has 0 unspecified atom stereocenters. The quantitative estimate of drug-likeness (QED) is 0.375. The highest BCUT2D eigenvalue weighted by atomic mass is 16.3. The predicted molar refractivity (Wildman–Crippen MR) is 114 cm³/mol. The summed E-state index contributed by atoms with van der Waals surface area (Å²) in [6.45, 7) is 1.96. The van der Waals surface area contributed by atoms with Crippen LogP contribution in [0.15, 0.2) is 93.9 Å². The number of benzene rings is 2. The van der Waals surface area contributed by atoms with Crippen molar-refractivity contribution in [3.63, 3.8) is 0 Å². The third kappa shape index (κ3) is 4.11. The Bertz CT molecular complexity index is 1230. The van der Waals surface area contributed by atoms with E-state index in [2.05, 4.69) is 4.98 Å². The van der Waals surface area contributed by atoms with E-state index < -0.39 is 0 Å². The van der Waals surface area contributed by atoms with Crippen LogP contribution in [0, 0.1) is 6.92 Å². The van der Waals surface area contributed by atoms with Gasteiger partial charge in [0.1, 0.15) is 0 Å². The Morgan fingerprint density at radius 1 is 1.03 bits per heavy atom. The molecule has 0 saturated heterocycles. The number of H-pyrrole nitrogens is 1. The number of carbonyl (C=O) groups is 1. The first-order valence-electron chi connectivity index (χ1n) is 9.54. The molecule has 0 radical (unpaired) electrons. The number of Topliss-reactive ketones (excluding diaryl/α,β-unsaturated/α-hetero) is 1. The monoisotopic (exact) mass is 383 g/mol. The van der Waals surface area contributed by atoms with Gasteiger partial charge in [0, 0.05) is 17.6 Å². The van der Waals surface area contributed by atoms with Gasteiger partial charge in [-0.05, 0) is 48.1 Å². The van der Waals surface area contributed by atoms with Crippen molar-refractivity contribution in [3.05, 3.63) is 117 Å². The van der Waals surface area contributed by atoms with Crippen LogP contribution < -0.4 is 5.56 Å². The van der Waals surface area contributed by atoms with E-state index in [9.17, 15) is 9.59 Å². The van der Waals surface area contributed by atoms with Crippen molar-refractivity contribution in [1.29, 1.82) is 0 Å². The fourth-order valence-corrected chi connectivity index (χ4v) is 3.43. The van der Waals surface area contributed by atoms with E-state index >= 15 is 0 Å². The summed E-state index contributed by atoms with van der Waals surface area (Å²) in [7, 11) is 0. The summed E-state index contributed by atoms with van der Waals surface area (Å²) < 4.78 is 5.31. The number of allylic oxidation sites excluding steroid dienone is 2. The third-order valence-electron chi connectivity index (χ3n) is 5.01. The van der Waals surface area contributed by atoms with E-state index in [-0.39, 0.29) is 23.5 Å². The van der Waals surface area contributed by atoms with Crippen LogP contribution in [0.1, 0.15) is 27.2 Å². The van der Waals surface area contributed by atoms with E-state index in [0.29, 0.717) is 17.6 Å². The normalized spacial score (nSPS) is 11.7. The second-order valence-electron chi connectivity index (χ2n) is 7.07. The van der Waals surface area contributed by atoms with Gasteiger partial charge in [-0.15, -0.1) is 0 Å². The maximum Gasteiger partial charge on any atom is 0.251 e. The molecule has 4 heteroatoms. The first-order valence-corrected chi connectivity index (χ1v) is 9.54. The van der Waals surface area contributed by atoms with Crippen molar-refractivity contribution in [2.45, 2.75) is 19.8 Å². The Morgan fingerprint density at radius 2 is 1.86 bits per heavy atom. The van der Waals surface area contributed by atoms with Gasteiger partial charge in [-0.3, -0.25) is 9.59 Å². The van der Waals surface area contributed by atoms with Crippen molar-refractivity contribution < 1.29 is 9.21 Å². The number of para-hydroxylation sites is 1. The van der Waals surface area contributed by atoms with Gasteiger partial charge >= 0.3 is 0 Å². The van der Waals surface area contributed by atoms with E-state index in [1.54, 1.807) is 12.1 Å². The van der Waals surface area contributed by atoms with Crippen LogP contribution in [0.2, 0.25) is 0 Å². The molecule has 4 nitrogen and oxygen atoms in total. The Balaban J connectivity index is 1.71. The number of nitrogens with one attached hydrogen (secondary N) is 1. The SMILES string of the molecule is Cc1cccc2cc(CC(=CCc3ccccc3)C(=O)c3ccco3)c(=O)[nH]c12. The zero-order valence-corrected chi connectivity index (χ0v) is 16.1. The molecule has 2 heterocycles. The number of carbonyl (C=O) groups excluding carboxylic acids is 1. The average Bonchev–Trinajstić information content (AvgIpc) is 3.27. The number of rotatable bonds is 6. The number of hydrogen-bond donors (Lipinski definition) is 1. The molecule has 0 aliphatic heterocycles. The number of furan rings is 1. The molecular weight excluding hydrogens is 362 g/mol. The van der Waals surface area contributed by atoms with Crippen molar-refractivity contribution >= 4 is 16.7 Å². The van der Waals surface area contributed by atoms with Gasteiger partial charge in [0.15, 0.2) is 5.76 Å². The molecule has 1 N–H and O–H groups in total. The highest BCUT2D eigenvalue weighted by molar-refractivity contribution is 6.07. The predicted octanol–water partition coefficient (Wildman–Crippen LogP) is 5.02. The van der Waals surface area contributed by atoms with Gasteiger partial charge in [-0.25, -0.2) is 0 Å². The van der Waals surface area contributed by atoms with Crippen LogP contribution in [0.3, 0.4) is 0 Å². The lowest BCUT2D eigenvalue weighted by atomic mass is 9.97. The minimum Gasteiger partial charge on any atom is -0.461 e. The molecule has 0 saturated carbocycles. The Labute approximate surface area is 168 Å². The third-order valence-corrected chi connectivity index (χ3v) is 5.01. The highest BCUT2D eigenvalue weighted by Gasteiger charge is 2.17. The van der Waals surface area contributed by atoms with E-state index in [0.717, 1.165) is 22.0 Å². The van der Waals surface area contributed by atoms with Gasteiger partial charge in [0.2, 0.25) is 5.78 Å². The zero-order valence-electron chi connectivity index (χ0n) is 16.1. The van der Waals surface area contributed by atoms with Gasteiger partial charge in [0.25, 0.3) is 5.56 Å². The molecule has 4 rings (SSSR count). The summed E-state index contributed by atoms with van der Waals surface area (Å²) in [5.74, 6) is 0.0760. The Hall–Kier alpha value is -3.66. The number of hydrogen-bond acceptors (Lipinski definition) is 3. The molecule has 0 aliphatic rings. The van der Waals surface area contributed by atoms with Gasteiger partial charge in [-0.1, -0.05) is 54.6 Å². The summed E-state index contributed by atoms with van der Waals surface area (Å²) in [6.07, 6.45) is 4.21. The lowest BCUT2D eigenvalue weighted by Gasteiger charge is -2.08. The number of fused-ring (bicyclic) bond motifs is 1. The molecule has 4 aromatic rings. The second kappa shape index (κ2) is 8.15. The second-order valence-corrected chi connectivity index (χ2v) is 7.07. The maximum atomic E-state index is 13.0. The minimum absolute atomic E-state index is 0.176. The van der Waals surface area contributed by atoms with Gasteiger partial charge < -0.3 is 9.40 Å². The fraction of sp³-hybridized carbons (Fsp3) is 0.120.